The molecule has 1 aliphatic heterocycles. The van der Waals surface area contributed by atoms with Crippen molar-refractivity contribution in [3.8, 4) is 0 Å². The molecule has 0 N–H and O–H groups in total. The maximum absolute atomic E-state index is 3.82. The first kappa shape index (κ1) is 8.72. The van der Waals surface area contributed by atoms with Gasteiger partial charge in [-0.1, -0.05) is 0 Å². The first-order valence-electron chi connectivity index (χ1n) is 4.53. The molecule has 0 amide bonds. The summed E-state index contributed by atoms with van der Waals surface area (Å²) in [5.41, 5.74) is 0. The first-order chi connectivity index (χ1) is 5.29. The summed E-state index contributed by atoms with van der Waals surface area (Å²) in [5.74, 6) is 0. The fraction of sp³-hybridized carbons (Fsp3) is 0.889. The van der Waals surface area contributed by atoms with Crippen molar-refractivity contribution in [3.05, 3.63) is 0 Å². The Balaban J connectivity index is 1.98. The zero-order chi connectivity index (χ0) is 8.10. The van der Waals surface area contributed by atoms with E-state index in [1.165, 1.54) is 38.9 Å². The third-order valence-electron chi connectivity index (χ3n) is 2.21. The van der Waals surface area contributed by atoms with Crippen LogP contribution in [0.25, 0.3) is 0 Å². The van der Waals surface area contributed by atoms with Gasteiger partial charge in [-0.3, -0.25) is 0 Å². The molecule has 2 nitrogen and oxygen atoms in total. The molecule has 2 heteroatoms. The predicted molar refractivity (Wildman–Crippen MR) is 48.5 cm³/mol. The third kappa shape index (κ3) is 3.51. The van der Waals surface area contributed by atoms with Crippen molar-refractivity contribution in [2.75, 3.05) is 33.2 Å². The Morgan fingerprint density at radius 2 is 2.00 bits per heavy atom. The number of hydrogen-bond acceptors (Lipinski definition) is 1. The van der Waals surface area contributed by atoms with E-state index in [9.17, 15) is 0 Å². The van der Waals surface area contributed by atoms with Crippen LogP contribution in [0.2, 0.25) is 0 Å². The molecule has 0 bridgehead atoms. The molecule has 0 aromatic carbocycles. The van der Waals surface area contributed by atoms with Crippen LogP contribution in [0, 0.1) is 0 Å². The zero-order valence-electron chi connectivity index (χ0n) is 7.55. The van der Waals surface area contributed by atoms with Crippen molar-refractivity contribution in [1.29, 1.82) is 0 Å². The molecule has 0 unspecified atom stereocenters. The van der Waals surface area contributed by atoms with E-state index in [0.717, 1.165) is 6.54 Å². The normalized spacial score (nSPS) is 19.0. The Bertz CT molecular complexity index is 126. The predicted octanol–water partition coefficient (Wildman–Crippen LogP) is 0.815. The van der Waals surface area contributed by atoms with Gasteiger partial charge in [0.15, 0.2) is 0 Å². The molecule has 64 valence electrons. The summed E-state index contributed by atoms with van der Waals surface area (Å²) in [4.78, 5) is 2.55. The van der Waals surface area contributed by atoms with Crippen LogP contribution < -0.4 is 0 Å². The Kier molecular flexibility index (Phi) is 3.57. The lowest BCUT2D eigenvalue weighted by atomic mass is 10.4. The Morgan fingerprint density at radius 1 is 1.36 bits per heavy atom. The molecule has 1 rings (SSSR count). The second-order valence-electron chi connectivity index (χ2n) is 3.48. The summed E-state index contributed by atoms with van der Waals surface area (Å²) in [6.45, 7) is 8.84. The quantitative estimate of drug-likeness (QED) is 0.430. The topological polar surface area (TPSA) is 6.25 Å². The fourth-order valence-electron chi connectivity index (χ4n) is 1.57. The van der Waals surface area contributed by atoms with E-state index in [-0.39, 0.29) is 0 Å². The second kappa shape index (κ2) is 4.50. The van der Waals surface area contributed by atoms with Gasteiger partial charge in [-0.05, 0) is 25.9 Å². The molecule has 0 radical (unpaired) electrons. The molecule has 0 aliphatic carbocycles. The van der Waals surface area contributed by atoms with Crippen LogP contribution in [0.5, 0.6) is 0 Å². The minimum absolute atomic E-state index is 1.12. The monoisotopic (exact) mass is 155 g/mol. The minimum atomic E-state index is 1.12. The summed E-state index contributed by atoms with van der Waals surface area (Å²) in [7, 11) is 2.03. The summed E-state index contributed by atoms with van der Waals surface area (Å²) in [6, 6.07) is 0. The van der Waals surface area contributed by atoms with Crippen LogP contribution >= 0.6 is 0 Å². The van der Waals surface area contributed by atoms with E-state index in [4.69, 9.17) is 0 Å². The van der Waals surface area contributed by atoms with Crippen molar-refractivity contribution in [3.63, 3.8) is 0 Å². The summed E-state index contributed by atoms with van der Waals surface area (Å²) in [6.07, 6.45) is 4.07. The molecule has 1 saturated heterocycles. The largest absolute Gasteiger partial charge is 0.303 e. The molecule has 0 saturated carbocycles. The molecule has 1 aliphatic rings. The highest BCUT2D eigenvalue weighted by molar-refractivity contribution is 5.13. The van der Waals surface area contributed by atoms with E-state index in [0.29, 0.717) is 0 Å². The summed E-state index contributed by atoms with van der Waals surface area (Å²) >= 11 is 0. The molecule has 1 heterocycles. The minimum Gasteiger partial charge on any atom is -0.303 e. The lowest BCUT2D eigenvalue weighted by molar-refractivity contribution is -0.488. The van der Waals surface area contributed by atoms with Crippen molar-refractivity contribution in [1.82, 2.24) is 4.90 Å². The van der Waals surface area contributed by atoms with Gasteiger partial charge in [-0.25, -0.2) is 4.58 Å². The van der Waals surface area contributed by atoms with Gasteiger partial charge < -0.3 is 4.90 Å². The standard InChI is InChI=1S/C9H19N2/c1-10(2)6-5-9-11-7-3-4-8-11/h1,3-9H2,2H3/q+1. The van der Waals surface area contributed by atoms with Crippen LogP contribution in [-0.2, 0) is 0 Å². The molecule has 0 aromatic heterocycles. The highest BCUT2D eigenvalue weighted by Crippen LogP contribution is 2.06. The Labute approximate surface area is 69.5 Å². The van der Waals surface area contributed by atoms with Gasteiger partial charge in [-0.15, -0.1) is 0 Å². The van der Waals surface area contributed by atoms with Crippen molar-refractivity contribution in [2.24, 2.45) is 0 Å². The van der Waals surface area contributed by atoms with Crippen LogP contribution in [0.15, 0.2) is 0 Å². The van der Waals surface area contributed by atoms with Gasteiger partial charge in [0.05, 0.1) is 0 Å². The van der Waals surface area contributed by atoms with E-state index >= 15 is 0 Å². The zero-order valence-corrected chi connectivity index (χ0v) is 7.55. The average Bonchev–Trinajstić information content (AvgIpc) is 2.39. The van der Waals surface area contributed by atoms with Gasteiger partial charge in [0.2, 0.25) is 0 Å². The van der Waals surface area contributed by atoms with Crippen molar-refractivity contribution in [2.45, 2.75) is 19.3 Å². The smallest absolute Gasteiger partial charge is 0.143 e. The maximum Gasteiger partial charge on any atom is 0.143 e. The Hall–Kier alpha value is -0.370. The fourth-order valence-corrected chi connectivity index (χ4v) is 1.57. The highest BCUT2D eigenvalue weighted by Gasteiger charge is 2.10. The number of nitrogens with zero attached hydrogens (tertiary/aromatic N) is 2. The van der Waals surface area contributed by atoms with Gasteiger partial charge in [0.25, 0.3) is 0 Å². The van der Waals surface area contributed by atoms with E-state index in [1.807, 2.05) is 11.6 Å². The summed E-state index contributed by atoms with van der Waals surface area (Å²) in [5, 5.41) is 0. The average molecular weight is 155 g/mol. The lowest BCUT2D eigenvalue weighted by Gasteiger charge is -2.12. The molecular weight excluding hydrogens is 136 g/mol. The van der Waals surface area contributed by atoms with Gasteiger partial charge in [0, 0.05) is 13.0 Å². The van der Waals surface area contributed by atoms with Gasteiger partial charge in [-0.2, -0.15) is 0 Å². The number of hydrogen-bond donors (Lipinski definition) is 0. The first-order valence-corrected chi connectivity index (χ1v) is 4.53. The maximum atomic E-state index is 3.82. The van der Waals surface area contributed by atoms with E-state index in [1.54, 1.807) is 0 Å². The van der Waals surface area contributed by atoms with Crippen LogP contribution in [-0.4, -0.2) is 49.4 Å². The van der Waals surface area contributed by atoms with E-state index in [2.05, 4.69) is 11.6 Å². The number of rotatable bonds is 4. The lowest BCUT2D eigenvalue weighted by Crippen LogP contribution is -2.22. The Morgan fingerprint density at radius 3 is 2.55 bits per heavy atom. The van der Waals surface area contributed by atoms with Gasteiger partial charge >= 0.3 is 0 Å². The number of likely N-dealkylation sites (tertiary alicyclic amines) is 1. The van der Waals surface area contributed by atoms with Crippen molar-refractivity contribution >= 4 is 6.72 Å². The molecular formula is C9H19N2+. The molecule has 0 aromatic rings. The van der Waals surface area contributed by atoms with Crippen LogP contribution in [0.3, 0.4) is 0 Å². The SMILES string of the molecule is C=[N+](C)CCCN1CCCC1. The molecule has 0 spiro atoms. The third-order valence-corrected chi connectivity index (χ3v) is 2.21. The highest BCUT2D eigenvalue weighted by atomic mass is 15.1. The molecule has 0 atom stereocenters. The molecule has 11 heavy (non-hydrogen) atoms. The van der Waals surface area contributed by atoms with Gasteiger partial charge in [0.1, 0.15) is 20.3 Å². The van der Waals surface area contributed by atoms with Crippen LogP contribution in [0.1, 0.15) is 19.3 Å². The van der Waals surface area contributed by atoms with E-state index < -0.39 is 0 Å². The molecule has 1 fully saturated rings. The second-order valence-corrected chi connectivity index (χ2v) is 3.48. The summed E-state index contributed by atoms with van der Waals surface area (Å²) < 4.78 is 2.01. The van der Waals surface area contributed by atoms with Crippen molar-refractivity contribution < 1.29 is 4.58 Å². The van der Waals surface area contributed by atoms with Crippen LogP contribution in [0.4, 0.5) is 0 Å².